The van der Waals surface area contributed by atoms with Gasteiger partial charge in [-0.05, 0) is 32.0 Å². The van der Waals surface area contributed by atoms with Crippen molar-refractivity contribution in [3.63, 3.8) is 0 Å². The Balaban J connectivity index is 2.19. The van der Waals surface area contributed by atoms with Crippen LogP contribution in [0.1, 0.15) is 19.9 Å². The van der Waals surface area contributed by atoms with Crippen LogP contribution in [0, 0.1) is 0 Å². The van der Waals surface area contributed by atoms with Crippen LogP contribution in [0.15, 0.2) is 53.3 Å². The summed E-state index contributed by atoms with van der Waals surface area (Å²) in [6.07, 6.45) is 0. The van der Waals surface area contributed by atoms with E-state index in [9.17, 15) is 4.79 Å². The third-order valence-electron chi connectivity index (χ3n) is 3.47. The second-order valence-electron chi connectivity index (χ2n) is 5.41. The van der Waals surface area contributed by atoms with Crippen LogP contribution in [0.25, 0.3) is 17.1 Å². The molecule has 0 fully saturated rings. The van der Waals surface area contributed by atoms with Gasteiger partial charge in [0, 0.05) is 12.1 Å². The van der Waals surface area contributed by atoms with Crippen LogP contribution < -0.4 is 10.3 Å². The van der Waals surface area contributed by atoms with Gasteiger partial charge < -0.3 is 4.74 Å². The Bertz CT molecular complexity index is 866. The standard InChI is InChI=1S/C17H18N4O2/c1-12(2)20-17(22)10-9-14(18-20)15-11-16(23-3)19-21(15)13-7-5-4-6-8-13/h4-12H,1-3H3. The molecule has 0 saturated carbocycles. The molecule has 0 aliphatic rings. The summed E-state index contributed by atoms with van der Waals surface area (Å²) < 4.78 is 8.47. The average molecular weight is 310 g/mol. The van der Waals surface area contributed by atoms with Crippen LogP contribution in [0.4, 0.5) is 0 Å². The quantitative estimate of drug-likeness (QED) is 0.743. The highest BCUT2D eigenvalue weighted by Gasteiger charge is 2.15. The summed E-state index contributed by atoms with van der Waals surface area (Å²) in [5, 5.41) is 8.90. The molecule has 0 N–H and O–H groups in total. The van der Waals surface area contributed by atoms with E-state index in [0.29, 0.717) is 11.6 Å². The fraction of sp³-hybridized carbons (Fsp3) is 0.235. The monoisotopic (exact) mass is 310 g/mol. The van der Waals surface area contributed by atoms with Gasteiger partial charge in [-0.2, -0.15) is 5.10 Å². The Labute approximate surface area is 134 Å². The molecule has 3 aromatic rings. The van der Waals surface area contributed by atoms with Gasteiger partial charge in [-0.1, -0.05) is 18.2 Å². The molecule has 0 aliphatic carbocycles. The molecule has 0 atom stereocenters. The van der Waals surface area contributed by atoms with Crippen molar-refractivity contribution in [3.8, 4) is 23.0 Å². The number of hydrogen-bond acceptors (Lipinski definition) is 4. The normalized spacial score (nSPS) is 11.0. The van der Waals surface area contributed by atoms with Crippen LogP contribution in [0.5, 0.6) is 5.88 Å². The molecule has 0 unspecified atom stereocenters. The van der Waals surface area contributed by atoms with Gasteiger partial charge in [-0.15, -0.1) is 5.10 Å². The first-order valence-corrected chi connectivity index (χ1v) is 7.40. The van der Waals surface area contributed by atoms with E-state index in [1.165, 1.54) is 10.7 Å². The summed E-state index contributed by atoms with van der Waals surface area (Å²) in [6.45, 7) is 3.85. The van der Waals surface area contributed by atoms with Crippen molar-refractivity contribution >= 4 is 0 Å². The number of aromatic nitrogens is 4. The van der Waals surface area contributed by atoms with Gasteiger partial charge >= 0.3 is 0 Å². The lowest BCUT2D eigenvalue weighted by atomic mass is 10.2. The summed E-state index contributed by atoms with van der Waals surface area (Å²) >= 11 is 0. The van der Waals surface area contributed by atoms with Crippen molar-refractivity contribution in [2.24, 2.45) is 0 Å². The first kappa shape index (κ1) is 15.0. The van der Waals surface area contributed by atoms with Gasteiger partial charge in [0.05, 0.1) is 24.5 Å². The maximum absolute atomic E-state index is 11.9. The lowest BCUT2D eigenvalue weighted by molar-refractivity contribution is 0.394. The molecule has 0 amide bonds. The molecular weight excluding hydrogens is 292 g/mol. The lowest BCUT2D eigenvalue weighted by Gasteiger charge is -2.11. The van der Waals surface area contributed by atoms with Crippen molar-refractivity contribution < 1.29 is 4.74 Å². The molecule has 2 heterocycles. The van der Waals surface area contributed by atoms with Gasteiger partial charge in [0.25, 0.3) is 5.56 Å². The van der Waals surface area contributed by atoms with Crippen molar-refractivity contribution in [1.82, 2.24) is 19.6 Å². The molecule has 1 aromatic carbocycles. The van der Waals surface area contributed by atoms with Crippen LogP contribution in [0.3, 0.4) is 0 Å². The topological polar surface area (TPSA) is 61.9 Å². The Morgan fingerprint density at radius 2 is 1.78 bits per heavy atom. The fourth-order valence-corrected chi connectivity index (χ4v) is 2.34. The number of rotatable bonds is 4. The molecule has 0 radical (unpaired) electrons. The third kappa shape index (κ3) is 2.88. The van der Waals surface area contributed by atoms with Crippen molar-refractivity contribution in [2.45, 2.75) is 19.9 Å². The minimum atomic E-state index is -0.124. The van der Waals surface area contributed by atoms with E-state index in [0.717, 1.165) is 11.4 Å². The summed E-state index contributed by atoms with van der Waals surface area (Å²) in [6, 6.07) is 14.8. The molecular formula is C17H18N4O2. The van der Waals surface area contributed by atoms with Gasteiger partial charge in [0.15, 0.2) is 0 Å². The maximum atomic E-state index is 11.9. The van der Waals surface area contributed by atoms with E-state index < -0.39 is 0 Å². The molecule has 3 rings (SSSR count). The van der Waals surface area contributed by atoms with Crippen LogP contribution in [0.2, 0.25) is 0 Å². The molecule has 23 heavy (non-hydrogen) atoms. The van der Waals surface area contributed by atoms with E-state index >= 15 is 0 Å². The average Bonchev–Trinajstić information content (AvgIpc) is 3.00. The van der Waals surface area contributed by atoms with E-state index in [1.807, 2.05) is 50.2 Å². The highest BCUT2D eigenvalue weighted by Crippen LogP contribution is 2.25. The largest absolute Gasteiger partial charge is 0.480 e. The van der Waals surface area contributed by atoms with Gasteiger partial charge in [-0.25, -0.2) is 9.36 Å². The van der Waals surface area contributed by atoms with Crippen molar-refractivity contribution in [1.29, 1.82) is 0 Å². The SMILES string of the molecule is COc1cc(-c2ccc(=O)n(C(C)C)n2)n(-c2ccccc2)n1. The molecule has 0 saturated heterocycles. The minimum absolute atomic E-state index is 0.0163. The summed E-state index contributed by atoms with van der Waals surface area (Å²) in [5.41, 5.74) is 2.21. The smallest absolute Gasteiger partial charge is 0.267 e. The molecule has 0 aliphatic heterocycles. The molecule has 118 valence electrons. The van der Waals surface area contributed by atoms with Gasteiger partial charge in [0.2, 0.25) is 5.88 Å². The summed E-state index contributed by atoms with van der Waals surface area (Å²) in [5.74, 6) is 0.493. The highest BCUT2D eigenvalue weighted by molar-refractivity contribution is 5.59. The molecule has 0 bridgehead atoms. The predicted molar refractivity (Wildman–Crippen MR) is 88.0 cm³/mol. The second-order valence-corrected chi connectivity index (χ2v) is 5.41. The van der Waals surface area contributed by atoms with Gasteiger partial charge in [-0.3, -0.25) is 4.79 Å². The van der Waals surface area contributed by atoms with E-state index in [4.69, 9.17) is 4.74 Å². The molecule has 0 spiro atoms. The fourth-order valence-electron chi connectivity index (χ4n) is 2.34. The number of para-hydroxylation sites is 1. The number of nitrogens with zero attached hydrogens (tertiary/aromatic N) is 4. The lowest BCUT2D eigenvalue weighted by Crippen LogP contribution is -2.24. The van der Waals surface area contributed by atoms with E-state index in [1.54, 1.807) is 17.9 Å². The third-order valence-corrected chi connectivity index (χ3v) is 3.47. The predicted octanol–water partition coefficient (Wildman–Crippen LogP) is 2.69. The minimum Gasteiger partial charge on any atom is -0.480 e. The number of methoxy groups -OCH3 is 1. The first-order valence-electron chi connectivity index (χ1n) is 7.40. The molecule has 2 aromatic heterocycles. The maximum Gasteiger partial charge on any atom is 0.267 e. The van der Waals surface area contributed by atoms with E-state index in [-0.39, 0.29) is 11.6 Å². The van der Waals surface area contributed by atoms with E-state index in [2.05, 4.69) is 10.2 Å². The summed E-state index contributed by atoms with van der Waals surface area (Å²) in [7, 11) is 1.57. The van der Waals surface area contributed by atoms with Gasteiger partial charge in [0.1, 0.15) is 5.69 Å². The Kier molecular flexibility index (Phi) is 3.97. The second kappa shape index (κ2) is 6.08. The Morgan fingerprint density at radius 1 is 1.04 bits per heavy atom. The highest BCUT2D eigenvalue weighted by atomic mass is 16.5. The zero-order valence-corrected chi connectivity index (χ0v) is 13.3. The van der Waals surface area contributed by atoms with Crippen molar-refractivity contribution in [2.75, 3.05) is 7.11 Å². The van der Waals surface area contributed by atoms with Crippen LogP contribution in [-0.4, -0.2) is 26.7 Å². The number of benzene rings is 1. The summed E-state index contributed by atoms with van der Waals surface area (Å²) in [4.78, 5) is 11.9. The van der Waals surface area contributed by atoms with Crippen LogP contribution >= 0.6 is 0 Å². The van der Waals surface area contributed by atoms with Crippen LogP contribution in [-0.2, 0) is 0 Å². The Hall–Kier alpha value is -2.89. The number of ether oxygens (including phenoxy) is 1. The zero-order valence-electron chi connectivity index (χ0n) is 13.3. The number of hydrogen-bond donors (Lipinski definition) is 0. The zero-order chi connectivity index (χ0) is 16.4. The first-order chi connectivity index (χ1) is 11.1. The molecule has 6 heteroatoms. The van der Waals surface area contributed by atoms with Crippen molar-refractivity contribution in [3.05, 3.63) is 58.9 Å². The Morgan fingerprint density at radius 3 is 2.43 bits per heavy atom. The molecule has 6 nitrogen and oxygen atoms in total.